The molecule has 0 bridgehead atoms. The predicted octanol–water partition coefficient (Wildman–Crippen LogP) is 0.362. The van der Waals surface area contributed by atoms with Gasteiger partial charge in [0.05, 0.1) is 12.6 Å². The number of ether oxygens (including phenoxy) is 1. The van der Waals surface area contributed by atoms with E-state index in [0.29, 0.717) is 6.54 Å². The summed E-state index contributed by atoms with van der Waals surface area (Å²) in [4.78, 5) is 12.0. The molecule has 1 amide bonds. The van der Waals surface area contributed by atoms with E-state index in [0.717, 1.165) is 0 Å². The van der Waals surface area contributed by atoms with Gasteiger partial charge in [-0.25, -0.2) is 14.8 Å². The fourth-order valence-corrected chi connectivity index (χ4v) is 1.68. The second-order valence-electron chi connectivity index (χ2n) is 5.36. The number of rotatable bonds is 2. The van der Waals surface area contributed by atoms with Crippen LogP contribution in [0.4, 0.5) is 4.79 Å². The molecule has 1 fully saturated rings. The van der Waals surface area contributed by atoms with Crippen molar-refractivity contribution in [2.75, 3.05) is 19.6 Å². The standard InChI is InChI=1S/C12H22N2O4/c1-5-6-13-7-9(15)10(16)8-14(13)11(17)18-12(2,3)4/h5,9-10,15-16H,1,6-8H2,2-4H3/t9-,10+/m0/s1. The van der Waals surface area contributed by atoms with Crippen LogP contribution < -0.4 is 0 Å². The molecule has 6 nitrogen and oxygen atoms in total. The molecule has 6 heteroatoms. The lowest BCUT2D eigenvalue weighted by molar-refractivity contribution is -0.136. The van der Waals surface area contributed by atoms with E-state index < -0.39 is 23.9 Å². The topological polar surface area (TPSA) is 73.2 Å². The third-order valence-corrected chi connectivity index (χ3v) is 2.49. The van der Waals surface area contributed by atoms with E-state index in [1.165, 1.54) is 5.01 Å². The van der Waals surface area contributed by atoms with Crippen molar-refractivity contribution in [3.8, 4) is 0 Å². The first-order valence-electron chi connectivity index (χ1n) is 5.97. The number of aliphatic hydroxyl groups is 2. The van der Waals surface area contributed by atoms with Crippen molar-refractivity contribution in [2.24, 2.45) is 0 Å². The van der Waals surface area contributed by atoms with Gasteiger partial charge >= 0.3 is 6.09 Å². The van der Waals surface area contributed by atoms with Crippen molar-refractivity contribution >= 4 is 6.09 Å². The molecule has 0 radical (unpaired) electrons. The van der Waals surface area contributed by atoms with Gasteiger partial charge in [0.15, 0.2) is 0 Å². The second-order valence-corrected chi connectivity index (χ2v) is 5.36. The molecule has 1 aliphatic heterocycles. The summed E-state index contributed by atoms with van der Waals surface area (Å²) in [6.45, 7) is 9.53. The summed E-state index contributed by atoms with van der Waals surface area (Å²) in [5.74, 6) is 0. The summed E-state index contributed by atoms with van der Waals surface area (Å²) in [7, 11) is 0. The van der Waals surface area contributed by atoms with E-state index in [4.69, 9.17) is 4.74 Å². The first kappa shape index (κ1) is 14.9. The van der Waals surface area contributed by atoms with Crippen molar-refractivity contribution in [3.63, 3.8) is 0 Å². The Morgan fingerprint density at radius 1 is 1.39 bits per heavy atom. The Balaban J connectivity index is 2.75. The fourth-order valence-electron chi connectivity index (χ4n) is 1.68. The highest BCUT2D eigenvalue weighted by atomic mass is 16.6. The number of hydrazine groups is 1. The van der Waals surface area contributed by atoms with Gasteiger partial charge in [-0.3, -0.25) is 0 Å². The van der Waals surface area contributed by atoms with Gasteiger partial charge in [-0.15, -0.1) is 6.58 Å². The molecule has 0 unspecified atom stereocenters. The number of aliphatic hydroxyl groups excluding tert-OH is 2. The summed E-state index contributed by atoms with van der Waals surface area (Å²) in [5.41, 5.74) is -0.599. The lowest BCUT2D eigenvalue weighted by atomic mass is 10.1. The molecular formula is C12H22N2O4. The van der Waals surface area contributed by atoms with Gasteiger partial charge in [-0.2, -0.15) is 0 Å². The van der Waals surface area contributed by atoms with Gasteiger partial charge in [0.25, 0.3) is 0 Å². The lowest BCUT2D eigenvalue weighted by Gasteiger charge is -2.42. The quantitative estimate of drug-likeness (QED) is 0.700. The van der Waals surface area contributed by atoms with Crippen molar-refractivity contribution in [2.45, 2.75) is 38.6 Å². The summed E-state index contributed by atoms with van der Waals surface area (Å²) in [6, 6.07) is 0. The van der Waals surface area contributed by atoms with Crippen LogP contribution in [0.25, 0.3) is 0 Å². The van der Waals surface area contributed by atoms with Crippen molar-refractivity contribution in [3.05, 3.63) is 12.7 Å². The summed E-state index contributed by atoms with van der Waals surface area (Å²) >= 11 is 0. The Bertz CT molecular complexity index is 314. The summed E-state index contributed by atoms with van der Waals surface area (Å²) in [5, 5.41) is 22.2. The molecule has 104 valence electrons. The molecule has 2 atom stereocenters. The molecule has 1 aliphatic rings. The number of carbonyl (C=O) groups excluding carboxylic acids is 1. The van der Waals surface area contributed by atoms with E-state index in [9.17, 15) is 15.0 Å². The van der Waals surface area contributed by atoms with Gasteiger partial charge in [0.2, 0.25) is 0 Å². The largest absolute Gasteiger partial charge is 0.443 e. The minimum absolute atomic E-state index is 0.0178. The van der Waals surface area contributed by atoms with E-state index in [2.05, 4.69) is 6.58 Å². The van der Waals surface area contributed by atoms with Crippen LogP contribution in [0, 0.1) is 0 Å². The minimum atomic E-state index is -0.960. The maximum absolute atomic E-state index is 12.0. The zero-order valence-corrected chi connectivity index (χ0v) is 11.2. The summed E-state index contributed by atoms with van der Waals surface area (Å²) < 4.78 is 5.26. The van der Waals surface area contributed by atoms with Crippen molar-refractivity contribution in [1.82, 2.24) is 10.0 Å². The molecule has 18 heavy (non-hydrogen) atoms. The monoisotopic (exact) mass is 258 g/mol. The maximum atomic E-state index is 12.0. The third-order valence-electron chi connectivity index (χ3n) is 2.49. The zero-order chi connectivity index (χ0) is 13.9. The molecule has 0 aromatic heterocycles. The van der Waals surface area contributed by atoms with Crippen LogP contribution >= 0.6 is 0 Å². The van der Waals surface area contributed by atoms with E-state index >= 15 is 0 Å². The fraction of sp³-hybridized carbons (Fsp3) is 0.750. The van der Waals surface area contributed by atoms with Crippen LogP contribution in [0.1, 0.15) is 20.8 Å². The molecular weight excluding hydrogens is 236 g/mol. The second kappa shape index (κ2) is 5.69. The highest BCUT2D eigenvalue weighted by Gasteiger charge is 2.36. The van der Waals surface area contributed by atoms with Crippen molar-refractivity contribution in [1.29, 1.82) is 0 Å². The normalized spacial score (nSPS) is 25.9. The first-order chi connectivity index (χ1) is 8.24. The molecule has 1 rings (SSSR count). The first-order valence-corrected chi connectivity index (χ1v) is 5.97. The maximum Gasteiger partial charge on any atom is 0.425 e. The lowest BCUT2D eigenvalue weighted by Crippen LogP contribution is -2.61. The highest BCUT2D eigenvalue weighted by molar-refractivity contribution is 5.67. The van der Waals surface area contributed by atoms with Gasteiger partial charge in [-0.1, -0.05) is 6.08 Å². The number of β-amino-alcohol motifs (C(OH)–C–C–N with tert-alkyl or cyclic N) is 2. The highest BCUT2D eigenvalue weighted by Crippen LogP contribution is 2.17. The van der Waals surface area contributed by atoms with Gasteiger partial charge in [0, 0.05) is 13.1 Å². The number of amides is 1. The molecule has 0 aliphatic carbocycles. The van der Waals surface area contributed by atoms with Crippen LogP contribution in [0.5, 0.6) is 0 Å². The predicted molar refractivity (Wildman–Crippen MR) is 66.7 cm³/mol. The zero-order valence-electron chi connectivity index (χ0n) is 11.2. The number of hydrogen-bond acceptors (Lipinski definition) is 5. The minimum Gasteiger partial charge on any atom is -0.443 e. The number of nitrogens with zero attached hydrogens (tertiary/aromatic N) is 2. The smallest absolute Gasteiger partial charge is 0.425 e. The molecule has 0 aromatic rings. The average Bonchev–Trinajstić information content (AvgIpc) is 2.20. The van der Waals surface area contributed by atoms with Crippen LogP contribution in [0.3, 0.4) is 0 Å². The van der Waals surface area contributed by atoms with E-state index in [1.807, 2.05) is 0 Å². The Hall–Kier alpha value is -1.11. The van der Waals surface area contributed by atoms with Crippen LogP contribution in [0.15, 0.2) is 12.7 Å². The SMILES string of the molecule is C=CCN1C[C@H](O)[C@H](O)CN1C(=O)OC(C)(C)C. The third kappa shape index (κ3) is 3.97. The van der Waals surface area contributed by atoms with Gasteiger partial charge < -0.3 is 14.9 Å². The average molecular weight is 258 g/mol. The molecule has 2 N–H and O–H groups in total. The number of hydrogen-bond donors (Lipinski definition) is 2. The van der Waals surface area contributed by atoms with Gasteiger partial charge in [0.1, 0.15) is 11.7 Å². The van der Waals surface area contributed by atoms with Crippen molar-refractivity contribution < 1.29 is 19.7 Å². The molecule has 1 saturated heterocycles. The summed E-state index contributed by atoms with van der Waals surface area (Å²) in [6.07, 6.45) is -0.737. The molecule has 0 spiro atoms. The number of carbonyl (C=O) groups is 1. The van der Waals surface area contributed by atoms with Crippen LogP contribution in [-0.4, -0.2) is 63.8 Å². The molecule has 1 heterocycles. The van der Waals surface area contributed by atoms with E-state index in [1.54, 1.807) is 31.9 Å². The Labute approximate surface area is 107 Å². The van der Waals surface area contributed by atoms with Crippen LogP contribution in [-0.2, 0) is 4.74 Å². The van der Waals surface area contributed by atoms with Gasteiger partial charge in [-0.05, 0) is 20.8 Å². The Kier molecular flexibility index (Phi) is 4.72. The Morgan fingerprint density at radius 2 is 1.94 bits per heavy atom. The molecule has 0 aromatic carbocycles. The Morgan fingerprint density at radius 3 is 2.44 bits per heavy atom. The van der Waals surface area contributed by atoms with Crippen LogP contribution in [0.2, 0.25) is 0 Å². The molecule has 0 saturated carbocycles. The van der Waals surface area contributed by atoms with E-state index in [-0.39, 0.29) is 13.1 Å².